The van der Waals surface area contributed by atoms with Crippen LogP contribution in [0.15, 0.2) is 17.2 Å². The minimum Gasteiger partial charge on any atom is -0.383 e. The summed E-state index contributed by atoms with van der Waals surface area (Å²) in [6.07, 6.45) is 3.29. The van der Waals surface area contributed by atoms with Gasteiger partial charge in [0, 0.05) is 39.6 Å². The van der Waals surface area contributed by atoms with Gasteiger partial charge in [0.15, 0.2) is 5.82 Å². The van der Waals surface area contributed by atoms with E-state index >= 15 is 0 Å². The molecule has 0 aromatic carbocycles. The van der Waals surface area contributed by atoms with Crippen molar-refractivity contribution < 1.29 is 4.74 Å². The molecule has 0 amide bonds. The van der Waals surface area contributed by atoms with Gasteiger partial charge in [-0.25, -0.2) is 4.98 Å². The molecule has 0 aliphatic rings. The van der Waals surface area contributed by atoms with E-state index in [1.807, 2.05) is 6.92 Å². The maximum absolute atomic E-state index is 12.0. The normalized spacial score (nSPS) is 12.5. The highest BCUT2D eigenvalue weighted by Gasteiger charge is 2.13. The summed E-state index contributed by atoms with van der Waals surface area (Å²) < 4.78 is 6.56. The second-order valence-corrected chi connectivity index (χ2v) is 4.39. The van der Waals surface area contributed by atoms with Crippen LogP contribution in [-0.4, -0.2) is 42.2 Å². The Balaban J connectivity index is 2.82. The van der Waals surface area contributed by atoms with Gasteiger partial charge in [-0.15, -0.1) is 11.6 Å². The number of hydrogen-bond donors (Lipinski definition) is 0. The van der Waals surface area contributed by atoms with E-state index in [0.29, 0.717) is 25.5 Å². The first kappa shape index (κ1) is 14.0. The number of ether oxygens (including phenoxy) is 1. The van der Waals surface area contributed by atoms with Crippen molar-refractivity contribution in [3.8, 4) is 0 Å². The first-order valence-corrected chi connectivity index (χ1v) is 5.93. The summed E-state index contributed by atoms with van der Waals surface area (Å²) >= 11 is 6.05. The lowest BCUT2D eigenvalue weighted by atomic mass is 10.4. The number of aryl methyl sites for hydroxylation is 1. The van der Waals surface area contributed by atoms with Gasteiger partial charge in [-0.2, -0.15) is 0 Å². The van der Waals surface area contributed by atoms with E-state index in [4.69, 9.17) is 16.3 Å². The molecule has 0 spiro atoms. The molecule has 0 aliphatic carbocycles. The van der Waals surface area contributed by atoms with E-state index in [9.17, 15) is 4.79 Å². The number of halogens is 1. The number of anilines is 1. The van der Waals surface area contributed by atoms with E-state index in [1.165, 1.54) is 0 Å². The van der Waals surface area contributed by atoms with E-state index in [0.717, 1.165) is 0 Å². The third-order valence-corrected chi connectivity index (χ3v) is 2.68. The highest BCUT2D eigenvalue weighted by Crippen LogP contribution is 2.05. The number of aromatic nitrogens is 2. The molecule has 1 rings (SSSR count). The van der Waals surface area contributed by atoms with Crippen LogP contribution in [0.3, 0.4) is 0 Å². The van der Waals surface area contributed by atoms with Crippen molar-refractivity contribution in [1.29, 1.82) is 0 Å². The zero-order valence-electron chi connectivity index (χ0n) is 10.4. The van der Waals surface area contributed by atoms with E-state index < -0.39 is 0 Å². The topological polar surface area (TPSA) is 47.4 Å². The largest absolute Gasteiger partial charge is 0.383 e. The maximum atomic E-state index is 12.0. The molecule has 0 radical (unpaired) electrons. The van der Waals surface area contributed by atoms with Gasteiger partial charge in [0.25, 0.3) is 5.56 Å². The Hall–Kier alpha value is -1.07. The average molecular weight is 260 g/mol. The first-order valence-electron chi connectivity index (χ1n) is 5.49. The summed E-state index contributed by atoms with van der Waals surface area (Å²) in [6.45, 7) is 3.51. The molecule has 0 saturated heterocycles. The zero-order valence-corrected chi connectivity index (χ0v) is 11.1. The van der Waals surface area contributed by atoms with E-state index in [-0.39, 0.29) is 10.9 Å². The Bertz CT molecular complexity index is 408. The fourth-order valence-corrected chi connectivity index (χ4v) is 1.90. The second-order valence-electron chi connectivity index (χ2n) is 3.78. The molecule has 0 N–H and O–H groups in total. The molecule has 0 saturated carbocycles. The van der Waals surface area contributed by atoms with Crippen LogP contribution in [0.4, 0.5) is 5.82 Å². The molecule has 1 atom stereocenters. The smallest absolute Gasteiger partial charge is 0.293 e. The van der Waals surface area contributed by atoms with Gasteiger partial charge in [0.05, 0.1) is 12.0 Å². The highest BCUT2D eigenvalue weighted by atomic mass is 35.5. The molecular formula is C11H18ClN3O2. The number of nitrogens with zero attached hydrogens (tertiary/aromatic N) is 3. The summed E-state index contributed by atoms with van der Waals surface area (Å²) in [4.78, 5) is 17.8. The van der Waals surface area contributed by atoms with Gasteiger partial charge in [-0.1, -0.05) is 0 Å². The zero-order chi connectivity index (χ0) is 12.8. The molecule has 1 aromatic rings. The molecule has 5 nitrogen and oxygen atoms in total. The summed E-state index contributed by atoms with van der Waals surface area (Å²) in [5, 5.41) is -0.165. The van der Waals surface area contributed by atoms with Crippen LogP contribution in [0.2, 0.25) is 0 Å². The lowest BCUT2D eigenvalue weighted by molar-refractivity contribution is 0.199. The third kappa shape index (κ3) is 3.71. The number of methoxy groups -OCH3 is 1. The molecular weight excluding hydrogens is 242 g/mol. The van der Waals surface area contributed by atoms with Crippen LogP contribution >= 0.6 is 11.6 Å². The van der Waals surface area contributed by atoms with Crippen LogP contribution in [0, 0.1) is 0 Å². The van der Waals surface area contributed by atoms with Gasteiger partial charge >= 0.3 is 0 Å². The molecule has 0 aliphatic heterocycles. The highest BCUT2D eigenvalue weighted by molar-refractivity contribution is 6.21. The predicted molar refractivity (Wildman–Crippen MR) is 69.0 cm³/mol. The fourth-order valence-electron chi connectivity index (χ4n) is 1.56. The lowest BCUT2D eigenvalue weighted by Gasteiger charge is -2.20. The standard InChI is InChI=1S/C11H18ClN3O2/c1-4-15-6-5-13-10(11(15)16)14(2)7-9(12)8-17-3/h5-6,9H,4,7-8H2,1-3H3. The van der Waals surface area contributed by atoms with Gasteiger partial charge in [-0.05, 0) is 6.92 Å². The van der Waals surface area contributed by atoms with Crippen molar-refractivity contribution >= 4 is 17.4 Å². The average Bonchev–Trinajstić information content (AvgIpc) is 2.29. The number of hydrogen-bond acceptors (Lipinski definition) is 4. The van der Waals surface area contributed by atoms with Crippen molar-refractivity contribution in [2.45, 2.75) is 18.8 Å². The van der Waals surface area contributed by atoms with Gasteiger partial charge in [0.1, 0.15) is 0 Å². The van der Waals surface area contributed by atoms with Crippen LogP contribution < -0.4 is 10.5 Å². The van der Waals surface area contributed by atoms with Gasteiger partial charge in [-0.3, -0.25) is 4.79 Å². The second kappa shape index (κ2) is 6.61. The third-order valence-electron chi connectivity index (χ3n) is 2.42. The predicted octanol–water partition coefficient (Wildman–Crippen LogP) is 0.953. The molecule has 1 heterocycles. The molecule has 17 heavy (non-hydrogen) atoms. The number of alkyl halides is 1. The van der Waals surface area contributed by atoms with Crippen LogP contribution in [0.5, 0.6) is 0 Å². The molecule has 1 aromatic heterocycles. The van der Waals surface area contributed by atoms with Gasteiger partial charge in [0.2, 0.25) is 0 Å². The molecule has 1 unspecified atom stereocenters. The van der Waals surface area contributed by atoms with E-state index in [2.05, 4.69) is 4.98 Å². The molecule has 6 heteroatoms. The summed E-state index contributed by atoms with van der Waals surface area (Å²) in [5.74, 6) is 0.413. The van der Waals surface area contributed by atoms with E-state index in [1.54, 1.807) is 36.0 Å². The summed E-state index contributed by atoms with van der Waals surface area (Å²) in [7, 11) is 3.40. The van der Waals surface area contributed by atoms with Crippen molar-refractivity contribution in [3.63, 3.8) is 0 Å². The Labute approximate surface area is 106 Å². The molecule has 96 valence electrons. The Morgan fingerprint density at radius 1 is 1.65 bits per heavy atom. The summed E-state index contributed by atoms with van der Waals surface area (Å²) in [6, 6.07) is 0. The minimum atomic E-state index is -0.165. The van der Waals surface area contributed by atoms with Crippen molar-refractivity contribution in [3.05, 3.63) is 22.7 Å². The monoisotopic (exact) mass is 259 g/mol. The first-order chi connectivity index (χ1) is 8.10. The number of rotatable bonds is 6. The van der Waals surface area contributed by atoms with Crippen LogP contribution in [0.25, 0.3) is 0 Å². The Morgan fingerprint density at radius 3 is 2.94 bits per heavy atom. The molecule has 0 fully saturated rings. The SMILES string of the molecule is CCn1ccnc(N(C)CC(Cl)COC)c1=O. The van der Waals surface area contributed by atoms with Gasteiger partial charge < -0.3 is 14.2 Å². The fraction of sp³-hybridized carbons (Fsp3) is 0.636. The van der Waals surface area contributed by atoms with Crippen molar-refractivity contribution in [2.24, 2.45) is 0 Å². The van der Waals surface area contributed by atoms with Crippen LogP contribution in [-0.2, 0) is 11.3 Å². The quantitative estimate of drug-likeness (QED) is 0.714. The Kier molecular flexibility index (Phi) is 5.44. The Morgan fingerprint density at radius 2 is 2.35 bits per heavy atom. The minimum absolute atomic E-state index is 0.0983. The maximum Gasteiger partial charge on any atom is 0.293 e. The lowest BCUT2D eigenvalue weighted by Crippen LogP contribution is -2.35. The van der Waals surface area contributed by atoms with Crippen LogP contribution in [0.1, 0.15) is 6.92 Å². The van der Waals surface area contributed by atoms with Crippen molar-refractivity contribution in [1.82, 2.24) is 9.55 Å². The van der Waals surface area contributed by atoms with Crippen molar-refractivity contribution in [2.75, 3.05) is 32.2 Å². The molecule has 0 bridgehead atoms. The summed E-state index contributed by atoms with van der Waals surface area (Å²) in [5.41, 5.74) is -0.0983.